The number of benzene rings is 3. The molecule has 0 spiro atoms. The lowest BCUT2D eigenvalue weighted by Gasteiger charge is -2.12. The van der Waals surface area contributed by atoms with Crippen molar-refractivity contribution < 1.29 is 28.4 Å². The summed E-state index contributed by atoms with van der Waals surface area (Å²) >= 11 is 0. The Bertz CT molecular complexity index is 829. The van der Waals surface area contributed by atoms with Gasteiger partial charge in [-0.3, -0.25) is 0 Å². The summed E-state index contributed by atoms with van der Waals surface area (Å²) in [4.78, 5) is 0. The molecule has 6 nitrogen and oxygen atoms in total. The minimum atomic E-state index is 0.400. The molecule has 0 aromatic heterocycles. The van der Waals surface area contributed by atoms with Crippen LogP contribution in [0, 0.1) is 0 Å². The lowest BCUT2D eigenvalue weighted by Crippen LogP contribution is -1.99. The maximum atomic E-state index is 5.87. The Morgan fingerprint density at radius 3 is 1.00 bits per heavy atom. The summed E-state index contributed by atoms with van der Waals surface area (Å²) in [6.45, 7) is 0.800. The predicted molar refractivity (Wildman–Crippen MR) is 114 cm³/mol. The fourth-order valence-electron chi connectivity index (χ4n) is 2.86. The maximum Gasteiger partial charge on any atom is 0.122 e. The van der Waals surface area contributed by atoms with Crippen LogP contribution in [0.1, 0.15) is 11.1 Å². The number of methoxy groups -OCH3 is 4. The molecule has 6 heteroatoms. The first-order chi connectivity index (χ1) is 14.6. The van der Waals surface area contributed by atoms with Crippen molar-refractivity contribution in [2.75, 3.05) is 28.4 Å². The molecule has 0 aliphatic heterocycles. The molecular formula is C24H26O6. The zero-order valence-corrected chi connectivity index (χ0v) is 17.6. The average molecular weight is 410 g/mol. The van der Waals surface area contributed by atoms with Gasteiger partial charge in [-0.05, 0) is 59.7 Å². The lowest BCUT2D eigenvalue weighted by atomic mass is 10.2. The van der Waals surface area contributed by atoms with E-state index in [1.165, 1.54) is 0 Å². The molecular weight excluding hydrogens is 384 g/mol. The highest BCUT2D eigenvalue weighted by molar-refractivity contribution is 5.40. The van der Waals surface area contributed by atoms with Gasteiger partial charge in [0.15, 0.2) is 0 Å². The van der Waals surface area contributed by atoms with Crippen LogP contribution in [0.3, 0.4) is 0 Å². The molecule has 3 rings (SSSR count). The Labute approximate surface area is 176 Å². The average Bonchev–Trinajstić information content (AvgIpc) is 2.81. The summed E-state index contributed by atoms with van der Waals surface area (Å²) in [5.74, 6) is 4.40. The van der Waals surface area contributed by atoms with Crippen LogP contribution >= 0.6 is 0 Å². The standard InChI is InChI=1S/C24H26O6/c1-25-21-9-17(10-22(13-21)26-2)15-29-19-5-7-20(8-6-19)30-16-18-11-23(27-3)14-24(12-18)28-4/h5-14H,15-16H2,1-4H3. The van der Waals surface area contributed by atoms with Crippen molar-refractivity contribution in [3.63, 3.8) is 0 Å². The van der Waals surface area contributed by atoms with Gasteiger partial charge in [-0.25, -0.2) is 0 Å². The van der Waals surface area contributed by atoms with Gasteiger partial charge < -0.3 is 28.4 Å². The summed E-state index contributed by atoms with van der Waals surface area (Å²) < 4.78 is 32.9. The van der Waals surface area contributed by atoms with Gasteiger partial charge in [0.25, 0.3) is 0 Å². The first kappa shape index (κ1) is 21.2. The highest BCUT2D eigenvalue weighted by Gasteiger charge is 2.05. The molecule has 3 aromatic carbocycles. The smallest absolute Gasteiger partial charge is 0.122 e. The third-order valence-corrected chi connectivity index (χ3v) is 4.46. The Hall–Kier alpha value is -3.54. The Balaban J connectivity index is 1.58. The van der Waals surface area contributed by atoms with E-state index in [2.05, 4.69) is 0 Å². The largest absolute Gasteiger partial charge is 0.497 e. The van der Waals surface area contributed by atoms with Crippen LogP contribution in [0.15, 0.2) is 60.7 Å². The second-order valence-electron chi connectivity index (χ2n) is 6.49. The van der Waals surface area contributed by atoms with E-state index >= 15 is 0 Å². The van der Waals surface area contributed by atoms with Crippen molar-refractivity contribution in [2.24, 2.45) is 0 Å². The van der Waals surface area contributed by atoms with E-state index in [9.17, 15) is 0 Å². The quantitative estimate of drug-likeness (QED) is 0.475. The fraction of sp³-hybridized carbons (Fsp3) is 0.250. The van der Waals surface area contributed by atoms with Crippen LogP contribution in [0.25, 0.3) is 0 Å². The molecule has 0 fully saturated rings. The molecule has 3 aromatic rings. The normalized spacial score (nSPS) is 10.3. The molecule has 0 atom stereocenters. The molecule has 158 valence electrons. The Morgan fingerprint density at radius 2 is 0.733 bits per heavy atom. The van der Waals surface area contributed by atoms with E-state index in [0.29, 0.717) is 13.2 Å². The predicted octanol–water partition coefficient (Wildman–Crippen LogP) is 4.88. The van der Waals surface area contributed by atoms with Crippen molar-refractivity contribution in [1.29, 1.82) is 0 Å². The first-order valence-electron chi connectivity index (χ1n) is 9.43. The third kappa shape index (κ3) is 5.73. The van der Waals surface area contributed by atoms with E-state index in [1.807, 2.05) is 60.7 Å². The summed E-state index contributed by atoms with van der Waals surface area (Å²) in [6, 6.07) is 18.8. The molecule has 0 radical (unpaired) electrons. The van der Waals surface area contributed by atoms with Crippen LogP contribution in [0.2, 0.25) is 0 Å². The summed E-state index contributed by atoms with van der Waals surface area (Å²) in [7, 11) is 6.50. The molecule has 0 unspecified atom stereocenters. The van der Waals surface area contributed by atoms with E-state index < -0.39 is 0 Å². The molecule has 0 saturated carbocycles. The molecule has 0 aliphatic carbocycles. The zero-order valence-electron chi connectivity index (χ0n) is 17.6. The van der Waals surface area contributed by atoms with Gasteiger partial charge in [0, 0.05) is 12.1 Å². The summed E-state index contributed by atoms with van der Waals surface area (Å²) in [5, 5.41) is 0. The van der Waals surface area contributed by atoms with Crippen LogP contribution in [0.4, 0.5) is 0 Å². The van der Waals surface area contributed by atoms with E-state index in [1.54, 1.807) is 28.4 Å². The van der Waals surface area contributed by atoms with Crippen LogP contribution in [0.5, 0.6) is 34.5 Å². The van der Waals surface area contributed by atoms with Gasteiger partial charge in [-0.15, -0.1) is 0 Å². The second-order valence-corrected chi connectivity index (χ2v) is 6.49. The lowest BCUT2D eigenvalue weighted by molar-refractivity contribution is 0.295. The molecule has 0 heterocycles. The number of rotatable bonds is 10. The fourth-order valence-corrected chi connectivity index (χ4v) is 2.86. The number of ether oxygens (including phenoxy) is 6. The van der Waals surface area contributed by atoms with Crippen molar-refractivity contribution in [3.05, 3.63) is 71.8 Å². The third-order valence-electron chi connectivity index (χ3n) is 4.46. The summed E-state index contributed by atoms with van der Waals surface area (Å²) in [6.07, 6.45) is 0. The molecule has 30 heavy (non-hydrogen) atoms. The van der Waals surface area contributed by atoms with Gasteiger partial charge in [0.1, 0.15) is 47.7 Å². The number of hydrogen-bond acceptors (Lipinski definition) is 6. The molecule has 0 amide bonds. The van der Waals surface area contributed by atoms with Crippen LogP contribution in [-0.4, -0.2) is 28.4 Å². The topological polar surface area (TPSA) is 55.4 Å². The monoisotopic (exact) mass is 410 g/mol. The summed E-state index contributed by atoms with van der Waals surface area (Å²) in [5.41, 5.74) is 1.91. The molecule has 0 N–H and O–H groups in total. The zero-order chi connectivity index (χ0) is 21.3. The van der Waals surface area contributed by atoms with E-state index in [0.717, 1.165) is 45.6 Å². The van der Waals surface area contributed by atoms with E-state index in [-0.39, 0.29) is 0 Å². The van der Waals surface area contributed by atoms with Crippen LogP contribution in [-0.2, 0) is 13.2 Å². The van der Waals surface area contributed by atoms with Gasteiger partial charge in [0.05, 0.1) is 28.4 Å². The molecule has 0 saturated heterocycles. The Kier molecular flexibility index (Phi) is 7.27. The minimum Gasteiger partial charge on any atom is -0.497 e. The second kappa shape index (κ2) is 10.3. The highest BCUT2D eigenvalue weighted by Crippen LogP contribution is 2.26. The van der Waals surface area contributed by atoms with Gasteiger partial charge in [0.2, 0.25) is 0 Å². The maximum absolute atomic E-state index is 5.87. The van der Waals surface area contributed by atoms with Crippen molar-refractivity contribution >= 4 is 0 Å². The molecule has 0 bridgehead atoms. The highest BCUT2D eigenvalue weighted by atomic mass is 16.5. The van der Waals surface area contributed by atoms with Crippen molar-refractivity contribution in [1.82, 2.24) is 0 Å². The van der Waals surface area contributed by atoms with Crippen molar-refractivity contribution in [3.8, 4) is 34.5 Å². The first-order valence-corrected chi connectivity index (χ1v) is 9.43. The molecule has 0 aliphatic rings. The Morgan fingerprint density at radius 1 is 0.433 bits per heavy atom. The van der Waals surface area contributed by atoms with Gasteiger partial charge >= 0.3 is 0 Å². The van der Waals surface area contributed by atoms with Crippen molar-refractivity contribution in [2.45, 2.75) is 13.2 Å². The minimum absolute atomic E-state index is 0.400. The van der Waals surface area contributed by atoms with E-state index in [4.69, 9.17) is 28.4 Å². The van der Waals surface area contributed by atoms with Gasteiger partial charge in [-0.2, -0.15) is 0 Å². The van der Waals surface area contributed by atoms with Crippen LogP contribution < -0.4 is 28.4 Å². The van der Waals surface area contributed by atoms with Gasteiger partial charge in [-0.1, -0.05) is 0 Å². The number of hydrogen-bond donors (Lipinski definition) is 0. The SMILES string of the molecule is COc1cc(COc2ccc(OCc3cc(OC)cc(OC)c3)cc2)cc(OC)c1.